The number of anilines is 1. The van der Waals surface area contributed by atoms with E-state index in [-0.39, 0.29) is 28.5 Å². The highest BCUT2D eigenvalue weighted by Gasteiger charge is 2.20. The number of rotatable bonds is 6. The number of carbonyl (C=O) groups is 2. The third-order valence-electron chi connectivity index (χ3n) is 4.14. The lowest BCUT2D eigenvalue weighted by Gasteiger charge is -2.10. The van der Waals surface area contributed by atoms with Crippen LogP contribution in [0.5, 0.6) is 0 Å². The van der Waals surface area contributed by atoms with E-state index in [1.165, 1.54) is 18.2 Å². The summed E-state index contributed by atoms with van der Waals surface area (Å²) in [5.74, 6) is -5.96. The van der Waals surface area contributed by atoms with Gasteiger partial charge in [0.05, 0.1) is 10.6 Å². The maximum absolute atomic E-state index is 13.7. The molecule has 0 spiro atoms. The van der Waals surface area contributed by atoms with Crippen molar-refractivity contribution in [3.05, 3.63) is 94.0 Å². The van der Waals surface area contributed by atoms with Crippen molar-refractivity contribution in [1.29, 1.82) is 0 Å². The highest BCUT2D eigenvalue weighted by Crippen LogP contribution is 2.24. The van der Waals surface area contributed by atoms with E-state index in [0.717, 1.165) is 5.56 Å². The second-order valence-corrected chi connectivity index (χ2v) is 6.56. The minimum Gasteiger partial charge on any atom is -0.322 e. The molecule has 0 atom stereocenters. The molecule has 148 valence electrons. The molecule has 3 rings (SSSR count). The lowest BCUT2D eigenvalue weighted by Crippen LogP contribution is -2.16. The zero-order valence-electron chi connectivity index (χ0n) is 14.9. The summed E-state index contributed by atoms with van der Waals surface area (Å²) < 4.78 is 40.1. The lowest BCUT2D eigenvalue weighted by molar-refractivity contribution is 0.0980. The topological polar surface area (TPSA) is 59.1 Å². The maximum atomic E-state index is 13.7. The average molecular weight is 419 g/mol. The quantitative estimate of drug-likeness (QED) is 0.441. The Hall–Kier alpha value is -3.19. The van der Waals surface area contributed by atoms with Crippen molar-refractivity contribution in [2.45, 2.75) is 12.8 Å². The van der Waals surface area contributed by atoms with Gasteiger partial charge in [0.15, 0.2) is 11.6 Å². The second-order valence-electron chi connectivity index (χ2n) is 6.15. The van der Waals surface area contributed by atoms with Gasteiger partial charge in [0.2, 0.25) is 5.95 Å². The Morgan fingerprint density at radius 1 is 0.966 bits per heavy atom. The number of pyridine rings is 1. The third-order valence-corrected chi connectivity index (χ3v) is 4.47. The van der Waals surface area contributed by atoms with Crippen molar-refractivity contribution in [2.24, 2.45) is 0 Å². The first-order chi connectivity index (χ1) is 13.8. The number of halogens is 4. The minimum atomic E-state index is -1.72. The summed E-state index contributed by atoms with van der Waals surface area (Å²) in [6.45, 7) is 0. The van der Waals surface area contributed by atoms with E-state index in [9.17, 15) is 22.8 Å². The number of ketones is 1. The zero-order chi connectivity index (χ0) is 21.0. The molecule has 1 N–H and O–H groups in total. The Labute approximate surface area is 169 Å². The van der Waals surface area contributed by atoms with Gasteiger partial charge >= 0.3 is 0 Å². The van der Waals surface area contributed by atoms with E-state index in [4.69, 9.17) is 11.6 Å². The molecule has 3 aromatic rings. The molecule has 0 radical (unpaired) electrons. The molecule has 0 aliphatic carbocycles. The number of amides is 1. The molecule has 1 amide bonds. The number of aryl methyl sites for hydroxylation is 1. The van der Waals surface area contributed by atoms with Crippen molar-refractivity contribution in [3.8, 4) is 0 Å². The molecule has 8 heteroatoms. The fourth-order valence-electron chi connectivity index (χ4n) is 2.69. The molecule has 29 heavy (non-hydrogen) atoms. The molecule has 4 nitrogen and oxygen atoms in total. The van der Waals surface area contributed by atoms with Crippen LogP contribution in [0.15, 0.2) is 54.6 Å². The molecule has 1 heterocycles. The largest absolute Gasteiger partial charge is 0.322 e. The van der Waals surface area contributed by atoms with Crippen molar-refractivity contribution in [1.82, 2.24) is 4.98 Å². The van der Waals surface area contributed by atoms with Crippen LogP contribution >= 0.6 is 11.6 Å². The van der Waals surface area contributed by atoms with Gasteiger partial charge in [-0.25, -0.2) is 4.39 Å². The van der Waals surface area contributed by atoms with Crippen molar-refractivity contribution < 1.29 is 22.8 Å². The fraction of sp³-hybridized carbons (Fsp3) is 0.0952. The molecule has 0 unspecified atom stereocenters. The van der Waals surface area contributed by atoms with Gasteiger partial charge in [0.1, 0.15) is 0 Å². The number of Topliss-reactive ketones (excluding diaryl/α,β-unsaturated/α-hetero) is 1. The summed E-state index contributed by atoms with van der Waals surface area (Å²) in [7, 11) is 0. The number of nitrogens with one attached hydrogen (secondary N) is 1. The number of hydrogen-bond acceptors (Lipinski definition) is 3. The molecule has 0 aliphatic rings. The Morgan fingerprint density at radius 2 is 1.69 bits per heavy atom. The van der Waals surface area contributed by atoms with E-state index in [0.29, 0.717) is 12.5 Å². The number of aromatic nitrogens is 1. The van der Waals surface area contributed by atoms with Gasteiger partial charge in [-0.2, -0.15) is 13.8 Å². The Morgan fingerprint density at radius 3 is 2.41 bits per heavy atom. The summed E-state index contributed by atoms with van der Waals surface area (Å²) in [4.78, 5) is 27.4. The predicted molar refractivity (Wildman–Crippen MR) is 103 cm³/mol. The van der Waals surface area contributed by atoms with Gasteiger partial charge in [-0.05, 0) is 30.2 Å². The number of carbonyl (C=O) groups excluding carboxylic acids is 2. The van der Waals surface area contributed by atoms with Crippen molar-refractivity contribution in [2.75, 3.05) is 5.32 Å². The molecule has 0 saturated heterocycles. The summed E-state index contributed by atoms with van der Waals surface area (Å²) >= 11 is 6.09. The van der Waals surface area contributed by atoms with E-state index < -0.39 is 29.2 Å². The Balaban J connectivity index is 1.76. The van der Waals surface area contributed by atoms with Crippen LogP contribution in [0.3, 0.4) is 0 Å². The lowest BCUT2D eigenvalue weighted by atomic mass is 10.0. The van der Waals surface area contributed by atoms with Crippen LogP contribution in [-0.2, 0) is 6.42 Å². The molecular formula is C21H14ClF3N2O2. The van der Waals surface area contributed by atoms with Crippen LogP contribution in [-0.4, -0.2) is 16.7 Å². The van der Waals surface area contributed by atoms with Gasteiger partial charge in [0.25, 0.3) is 11.9 Å². The monoisotopic (exact) mass is 418 g/mol. The first-order valence-corrected chi connectivity index (χ1v) is 8.92. The Bertz CT molecular complexity index is 1080. The van der Waals surface area contributed by atoms with Crippen molar-refractivity contribution in [3.63, 3.8) is 0 Å². The van der Waals surface area contributed by atoms with E-state index in [2.05, 4.69) is 10.3 Å². The standard InChI is InChI=1S/C21H14ClF3N2O2/c22-16-8-7-13(26-21(29)15-11-18(23)27-20(25)19(15)24)10-14(16)17(28)9-6-12-4-2-1-3-5-12/h1-5,7-8,10-11H,6,9H2,(H,26,29). The molecule has 0 fully saturated rings. The van der Waals surface area contributed by atoms with Crippen LogP contribution in [0.25, 0.3) is 0 Å². The van der Waals surface area contributed by atoms with Gasteiger partial charge in [-0.3, -0.25) is 9.59 Å². The highest BCUT2D eigenvalue weighted by atomic mass is 35.5. The van der Waals surface area contributed by atoms with Crippen molar-refractivity contribution >= 4 is 29.0 Å². The molecular weight excluding hydrogens is 405 g/mol. The van der Waals surface area contributed by atoms with E-state index >= 15 is 0 Å². The summed E-state index contributed by atoms with van der Waals surface area (Å²) in [6.07, 6.45) is 0.698. The van der Waals surface area contributed by atoms with Gasteiger partial charge in [0, 0.05) is 23.7 Å². The average Bonchev–Trinajstić information content (AvgIpc) is 2.71. The Kier molecular flexibility index (Phi) is 6.29. The predicted octanol–water partition coefficient (Wildman–Crippen LogP) is 5.22. The number of benzene rings is 2. The molecule has 0 saturated carbocycles. The first-order valence-electron chi connectivity index (χ1n) is 8.54. The third kappa shape index (κ3) is 5.00. The smallest absolute Gasteiger partial charge is 0.258 e. The SMILES string of the molecule is O=C(CCc1ccccc1)c1cc(NC(=O)c2cc(F)nc(F)c2F)ccc1Cl. The van der Waals surface area contributed by atoms with E-state index in [1.54, 1.807) is 0 Å². The van der Waals surface area contributed by atoms with Crippen LogP contribution < -0.4 is 5.32 Å². The minimum absolute atomic E-state index is 0.125. The van der Waals surface area contributed by atoms with Crippen LogP contribution in [0, 0.1) is 17.7 Å². The maximum Gasteiger partial charge on any atom is 0.258 e. The highest BCUT2D eigenvalue weighted by molar-refractivity contribution is 6.34. The van der Waals surface area contributed by atoms with Crippen LogP contribution in [0.2, 0.25) is 5.02 Å². The summed E-state index contributed by atoms with van der Waals surface area (Å²) in [5, 5.41) is 2.49. The second kappa shape index (κ2) is 8.87. The van der Waals surface area contributed by atoms with Gasteiger partial charge in [-0.1, -0.05) is 41.9 Å². The first kappa shape index (κ1) is 20.5. The van der Waals surface area contributed by atoms with Crippen LogP contribution in [0.4, 0.5) is 18.9 Å². The number of hydrogen-bond donors (Lipinski definition) is 1. The summed E-state index contributed by atoms with van der Waals surface area (Å²) in [6, 6.07) is 14.0. The normalized spacial score (nSPS) is 10.6. The number of nitrogens with zero attached hydrogens (tertiary/aromatic N) is 1. The zero-order valence-corrected chi connectivity index (χ0v) is 15.6. The molecule has 2 aromatic carbocycles. The summed E-state index contributed by atoms with van der Waals surface area (Å²) in [5.41, 5.74) is 0.438. The fourth-order valence-corrected chi connectivity index (χ4v) is 2.91. The van der Waals surface area contributed by atoms with E-state index in [1.807, 2.05) is 30.3 Å². The molecule has 0 aliphatic heterocycles. The van der Waals surface area contributed by atoms with Gasteiger partial charge < -0.3 is 5.32 Å². The van der Waals surface area contributed by atoms with Crippen LogP contribution in [0.1, 0.15) is 32.7 Å². The molecule has 1 aromatic heterocycles. The van der Waals surface area contributed by atoms with Gasteiger partial charge in [-0.15, -0.1) is 0 Å². The molecule has 0 bridgehead atoms.